The molecule has 0 N–H and O–H groups in total. The molecule has 12 rings (SSSR count). The molecule has 0 nitrogen and oxygen atoms in total. The van der Waals surface area contributed by atoms with Crippen molar-refractivity contribution in [3.8, 4) is 0 Å². The fraction of sp³-hybridized carbons (Fsp3) is 1.00. The van der Waals surface area contributed by atoms with Crippen molar-refractivity contribution in [2.75, 3.05) is 0 Å². The summed E-state index contributed by atoms with van der Waals surface area (Å²) in [7, 11) is 0. The van der Waals surface area contributed by atoms with Crippen molar-refractivity contribution in [3.63, 3.8) is 0 Å². The van der Waals surface area contributed by atoms with Gasteiger partial charge in [0.1, 0.15) is 0 Å². The lowest BCUT2D eigenvalue weighted by Crippen LogP contribution is -3.39. The van der Waals surface area contributed by atoms with Crippen molar-refractivity contribution in [2.45, 2.75) is 48.0 Å². The quantitative estimate of drug-likeness (QED) is 0.599. The second-order valence-electron chi connectivity index (χ2n) is 15.0. The molecule has 134 valence electrons. The molecule has 6 spiro atoms. The van der Waals surface area contributed by atoms with Gasteiger partial charge in [0.2, 0.25) is 0 Å². The van der Waals surface area contributed by atoms with E-state index in [0.717, 1.165) is 66.5 Å². The molecule has 0 aromatic rings. The van der Waals surface area contributed by atoms with Crippen LogP contribution in [-0.2, 0) is 0 Å². The van der Waals surface area contributed by atoms with Crippen molar-refractivity contribution in [2.24, 2.45) is 108 Å². The molecule has 12 saturated carbocycles. The smallest absolute Gasteiger partial charge is 0.00512 e. The van der Waals surface area contributed by atoms with Crippen molar-refractivity contribution in [3.05, 3.63) is 0 Å². The first-order valence-electron chi connectivity index (χ1n) is 12.3. The molecule has 12 aliphatic carbocycles. The molecule has 0 radical (unpaired) electrons. The summed E-state index contributed by atoms with van der Waals surface area (Å²) in [6, 6.07) is 0. The normalized spacial score (nSPS) is 110. The summed E-state index contributed by atoms with van der Waals surface area (Å²) in [5, 5.41) is 0. The summed E-state index contributed by atoms with van der Waals surface area (Å²) in [4.78, 5) is 0. The molecule has 0 aromatic carbocycles. The van der Waals surface area contributed by atoms with Crippen LogP contribution in [0.5, 0.6) is 0 Å². The Hall–Kier alpha value is 0. The van der Waals surface area contributed by atoms with Crippen molar-refractivity contribution >= 4 is 0 Å². The van der Waals surface area contributed by atoms with Crippen LogP contribution in [0.1, 0.15) is 48.0 Å². The predicted molar refractivity (Wildman–Crippen MR) is 95.5 cm³/mol. The van der Waals surface area contributed by atoms with Crippen LogP contribution in [0, 0.1) is 108 Å². The Balaban J connectivity index is 1.28. The highest BCUT2D eigenvalue weighted by Crippen LogP contribution is 3.41. The van der Waals surface area contributed by atoms with E-state index in [1.807, 2.05) is 0 Å². The Morgan fingerprint density at radius 3 is 1.85 bits per heavy atom. The van der Waals surface area contributed by atoms with Gasteiger partial charge in [-0.25, -0.2) is 0 Å². The average molecular weight is 343 g/mol. The lowest BCUT2D eigenvalue weighted by molar-refractivity contribution is -0.956. The van der Waals surface area contributed by atoms with E-state index < -0.39 is 0 Å². The van der Waals surface area contributed by atoms with Gasteiger partial charge in [-0.3, -0.25) is 0 Å². The van der Waals surface area contributed by atoms with Gasteiger partial charge in [0, 0.05) is 0 Å². The lowest BCUT2D eigenvalue weighted by atomic mass is 8.62. The van der Waals surface area contributed by atoms with E-state index in [-0.39, 0.29) is 0 Å². The van der Waals surface area contributed by atoms with Crippen molar-refractivity contribution in [1.82, 2.24) is 0 Å². The van der Waals surface area contributed by atoms with Gasteiger partial charge in [-0.1, -0.05) is 41.5 Å². The Morgan fingerprint density at radius 2 is 1.15 bits per heavy atom. The molecule has 0 heterocycles. The van der Waals surface area contributed by atoms with Crippen LogP contribution in [0.2, 0.25) is 0 Å². The molecule has 0 saturated heterocycles. The summed E-state index contributed by atoms with van der Waals surface area (Å²) >= 11 is 0. The molecule has 0 amide bonds. The standard InChI is InChI=1S/C26H30/c1-8-13-17-15-10(3)20(6)19(5)9(2)14-16-11-7-12-18(8,4)22(13)21(11,12)25(16)23(14,19)24(15,20)26(17,22)25/h8-17H,7H2,1-6H3. The van der Waals surface area contributed by atoms with E-state index in [0.29, 0.717) is 0 Å². The molecule has 26 heavy (non-hydrogen) atoms. The average Bonchev–Trinajstić information content (AvgIpc) is 2.55. The molecule has 0 aliphatic heterocycles. The summed E-state index contributed by atoms with van der Waals surface area (Å²) in [6.45, 7) is 16.7. The first-order valence-corrected chi connectivity index (χ1v) is 12.3. The van der Waals surface area contributed by atoms with Gasteiger partial charge in [-0.05, 0) is 114 Å². The minimum absolute atomic E-state index is 0.744. The summed E-state index contributed by atoms with van der Waals surface area (Å²) < 4.78 is 0. The number of hydrogen-bond donors (Lipinski definition) is 0. The minimum atomic E-state index is 0.744. The molecule has 19 atom stereocenters. The maximum atomic E-state index is 2.85. The Labute approximate surface area is 156 Å². The van der Waals surface area contributed by atoms with Gasteiger partial charge in [-0.15, -0.1) is 0 Å². The van der Waals surface area contributed by atoms with Gasteiger partial charge in [0.15, 0.2) is 0 Å². The highest BCUT2D eigenvalue weighted by atomic mass is 15.4. The fourth-order valence-corrected chi connectivity index (χ4v) is 20.9. The van der Waals surface area contributed by atoms with Crippen LogP contribution in [0.4, 0.5) is 0 Å². The topological polar surface area (TPSA) is 0 Å². The minimum Gasteiger partial charge on any atom is -0.0617 e. The van der Waals surface area contributed by atoms with Crippen LogP contribution in [0.3, 0.4) is 0 Å². The number of fused-ring (bicyclic) bond motifs is 6. The fourth-order valence-electron chi connectivity index (χ4n) is 20.9. The lowest BCUT2D eigenvalue weighted by Gasteiger charge is -3.41. The predicted octanol–water partition coefficient (Wildman–Crippen LogP) is 4.70. The number of hydrogen-bond acceptors (Lipinski definition) is 0. The zero-order valence-electron chi connectivity index (χ0n) is 17.0. The number of rotatable bonds is 0. The van der Waals surface area contributed by atoms with E-state index in [9.17, 15) is 0 Å². The van der Waals surface area contributed by atoms with Gasteiger partial charge >= 0.3 is 0 Å². The Kier molecular flexibility index (Phi) is 0.910. The van der Waals surface area contributed by atoms with Crippen LogP contribution >= 0.6 is 0 Å². The maximum Gasteiger partial charge on any atom is -0.00512 e. The first-order chi connectivity index (χ1) is 12.3. The third-order valence-corrected chi connectivity index (χ3v) is 18.8. The first kappa shape index (κ1) is 11.9. The molecule has 0 bridgehead atoms. The van der Waals surface area contributed by atoms with Crippen molar-refractivity contribution in [1.29, 1.82) is 0 Å². The van der Waals surface area contributed by atoms with E-state index in [1.165, 1.54) is 41.4 Å². The highest BCUT2D eigenvalue weighted by Gasteiger charge is 3.39. The van der Waals surface area contributed by atoms with E-state index in [1.54, 1.807) is 6.42 Å². The monoisotopic (exact) mass is 342 g/mol. The highest BCUT2D eigenvalue weighted by molar-refractivity contribution is 5.84. The van der Waals surface area contributed by atoms with Crippen LogP contribution < -0.4 is 0 Å². The largest absolute Gasteiger partial charge is 0.0617 e. The van der Waals surface area contributed by atoms with Gasteiger partial charge < -0.3 is 0 Å². The molecular formula is C26H30. The second kappa shape index (κ2) is 1.99. The van der Waals surface area contributed by atoms with Gasteiger partial charge in [0.05, 0.1) is 0 Å². The molecule has 12 fully saturated rings. The van der Waals surface area contributed by atoms with E-state index >= 15 is 0 Å². The van der Waals surface area contributed by atoms with Crippen molar-refractivity contribution < 1.29 is 0 Å². The molecule has 0 aromatic heterocycles. The third kappa shape index (κ3) is 0.327. The SMILES string of the molecule is CC1C2C3C4C(C)C5(C)C6(C)C(C)C7C8C9CC%10C1(C)C21C9%10C82C76C45C312. The summed E-state index contributed by atoms with van der Waals surface area (Å²) in [6.07, 6.45) is 1.68. The zero-order chi connectivity index (χ0) is 17.0. The van der Waals surface area contributed by atoms with Crippen LogP contribution in [0.15, 0.2) is 0 Å². The second-order valence-corrected chi connectivity index (χ2v) is 15.0. The summed E-state index contributed by atoms with van der Waals surface area (Å²) in [5.74, 6) is 11.7. The molecule has 19 unspecified atom stereocenters. The van der Waals surface area contributed by atoms with Crippen LogP contribution in [-0.4, -0.2) is 0 Å². The molecular weight excluding hydrogens is 312 g/mol. The van der Waals surface area contributed by atoms with Gasteiger partial charge in [0.25, 0.3) is 0 Å². The van der Waals surface area contributed by atoms with E-state index in [2.05, 4.69) is 41.5 Å². The van der Waals surface area contributed by atoms with Gasteiger partial charge in [-0.2, -0.15) is 0 Å². The zero-order valence-corrected chi connectivity index (χ0v) is 17.0. The summed E-state index contributed by atoms with van der Waals surface area (Å²) in [5.41, 5.74) is 7.99. The molecule has 0 heteroatoms. The van der Waals surface area contributed by atoms with Crippen LogP contribution in [0.25, 0.3) is 0 Å². The Morgan fingerprint density at radius 1 is 0.577 bits per heavy atom. The van der Waals surface area contributed by atoms with E-state index in [4.69, 9.17) is 0 Å². The maximum absolute atomic E-state index is 2.85. The third-order valence-electron chi connectivity index (χ3n) is 18.8. The molecule has 12 aliphatic rings. The Bertz CT molecular complexity index is 1080.